The van der Waals surface area contributed by atoms with E-state index in [4.69, 9.17) is 4.74 Å². The molecule has 0 atom stereocenters. The van der Waals surface area contributed by atoms with E-state index in [-0.39, 0.29) is 11.9 Å². The fourth-order valence-corrected chi connectivity index (χ4v) is 3.92. The van der Waals surface area contributed by atoms with E-state index >= 15 is 0 Å². The van der Waals surface area contributed by atoms with Gasteiger partial charge in [-0.2, -0.15) is 0 Å². The monoisotopic (exact) mass is 393 g/mol. The Morgan fingerprint density at radius 1 is 1.03 bits per heavy atom. The van der Waals surface area contributed by atoms with Gasteiger partial charge in [-0.15, -0.1) is 0 Å². The Hall–Kier alpha value is -3.02. The fraction of sp³-hybridized carbons (Fsp3) is 0.391. The summed E-state index contributed by atoms with van der Waals surface area (Å²) in [5.41, 5.74) is 2.06. The molecular formula is C23H27N3O3. The van der Waals surface area contributed by atoms with Crippen LogP contribution in [-0.4, -0.2) is 31.6 Å². The van der Waals surface area contributed by atoms with Crippen LogP contribution in [0.4, 0.5) is 16.2 Å². The number of nitrogens with one attached hydrogen (secondary N) is 2. The van der Waals surface area contributed by atoms with Gasteiger partial charge in [-0.25, -0.2) is 4.79 Å². The molecule has 6 heteroatoms. The third-order valence-corrected chi connectivity index (χ3v) is 5.62. The van der Waals surface area contributed by atoms with Crippen LogP contribution in [0.5, 0.6) is 5.75 Å². The zero-order valence-electron chi connectivity index (χ0n) is 16.5. The van der Waals surface area contributed by atoms with Gasteiger partial charge in [0.25, 0.3) is 5.91 Å². The number of rotatable bonds is 6. The van der Waals surface area contributed by atoms with Crippen LogP contribution in [0.3, 0.4) is 0 Å². The number of carbonyl (C=O) groups excluding carboxylic acids is 2. The second-order valence-electron chi connectivity index (χ2n) is 7.72. The van der Waals surface area contributed by atoms with Crippen LogP contribution in [-0.2, 0) is 0 Å². The summed E-state index contributed by atoms with van der Waals surface area (Å²) in [5, 5.41) is 5.67. The first-order valence-electron chi connectivity index (χ1n) is 10.4. The normalized spacial score (nSPS) is 17.1. The second-order valence-corrected chi connectivity index (χ2v) is 7.72. The number of anilines is 2. The number of amides is 3. The predicted molar refractivity (Wildman–Crippen MR) is 114 cm³/mol. The molecule has 0 spiro atoms. The highest BCUT2D eigenvalue weighted by atomic mass is 16.5. The van der Waals surface area contributed by atoms with Crippen molar-refractivity contribution in [2.75, 3.05) is 29.9 Å². The van der Waals surface area contributed by atoms with Gasteiger partial charge in [0.15, 0.2) is 0 Å². The summed E-state index contributed by atoms with van der Waals surface area (Å²) >= 11 is 0. The molecule has 2 aliphatic rings. The van der Waals surface area contributed by atoms with Crippen LogP contribution in [0.25, 0.3) is 0 Å². The molecule has 2 aromatic carbocycles. The number of ether oxygens (including phenoxy) is 1. The number of hydrogen-bond donors (Lipinski definition) is 2. The van der Waals surface area contributed by atoms with Crippen molar-refractivity contribution in [3.63, 3.8) is 0 Å². The number of benzene rings is 2. The molecule has 0 aromatic heterocycles. The highest BCUT2D eigenvalue weighted by Crippen LogP contribution is 2.25. The Labute approximate surface area is 171 Å². The molecule has 1 aliphatic carbocycles. The molecule has 0 bridgehead atoms. The van der Waals surface area contributed by atoms with Gasteiger partial charge in [0, 0.05) is 30.0 Å². The summed E-state index contributed by atoms with van der Waals surface area (Å²) in [6, 6.07) is 14.5. The Kier molecular flexibility index (Phi) is 5.98. The molecule has 0 radical (unpaired) electrons. The van der Waals surface area contributed by atoms with E-state index in [1.54, 1.807) is 29.2 Å². The van der Waals surface area contributed by atoms with E-state index in [9.17, 15) is 9.59 Å². The summed E-state index contributed by atoms with van der Waals surface area (Å²) in [6.07, 6.45) is 6.49. The Morgan fingerprint density at radius 3 is 2.41 bits per heavy atom. The van der Waals surface area contributed by atoms with Crippen LogP contribution in [0.15, 0.2) is 48.5 Å². The van der Waals surface area contributed by atoms with Crippen molar-refractivity contribution in [2.24, 2.45) is 5.92 Å². The first kappa shape index (κ1) is 19.3. The minimum Gasteiger partial charge on any atom is -0.493 e. The highest BCUT2D eigenvalue weighted by molar-refractivity contribution is 6.04. The van der Waals surface area contributed by atoms with Gasteiger partial charge in [0.1, 0.15) is 5.75 Å². The van der Waals surface area contributed by atoms with Crippen LogP contribution >= 0.6 is 0 Å². The van der Waals surface area contributed by atoms with Gasteiger partial charge in [-0.1, -0.05) is 19.3 Å². The molecular weight excluding hydrogens is 366 g/mol. The number of urea groups is 1. The molecule has 2 N–H and O–H groups in total. The lowest BCUT2D eigenvalue weighted by Gasteiger charge is -2.21. The van der Waals surface area contributed by atoms with E-state index in [1.807, 2.05) is 24.3 Å². The lowest BCUT2D eigenvalue weighted by molar-refractivity contribution is 0.102. The van der Waals surface area contributed by atoms with Crippen LogP contribution in [0.1, 0.15) is 42.5 Å². The topological polar surface area (TPSA) is 70.7 Å². The van der Waals surface area contributed by atoms with Crippen molar-refractivity contribution in [3.8, 4) is 5.75 Å². The van der Waals surface area contributed by atoms with E-state index in [0.29, 0.717) is 24.6 Å². The SMILES string of the molecule is O=C(Nc1ccc(OCC2CCCCC2)cc1)c1ccc(N2CCNC2=O)cc1. The Morgan fingerprint density at radius 2 is 1.76 bits per heavy atom. The minimum absolute atomic E-state index is 0.104. The molecule has 3 amide bonds. The van der Waals surface area contributed by atoms with Crippen molar-refractivity contribution in [2.45, 2.75) is 32.1 Å². The molecule has 0 unspecified atom stereocenters. The molecule has 1 heterocycles. The molecule has 152 valence electrons. The summed E-state index contributed by atoms with van der Waals surface area (Å²) < 4.78 is 5.91. The predicted octanol–water partition coefficient (Wildman–Crippen LogP) is 4.43. The third-order valence-electron chi connectivity index (χ3n) is 5.62. The molecule has 6 nitrogen and oxygen atoms in total. The molecule has 1 aliphatic heterocycles. The summed E-state index contributed by atoms with van der Waals surface area (Å²) in [7, 11) is 0. The van der Waals surface area contributed by atoms with Gasteiger partial charge in [-0.05, 0) is 67.3 Å². The summed E-state index contributed by atoms with van der Waals surface area (Å²) in [6.45, 7) is 2.05. The largest absolute Gasteiger partial charge is 0.493 e. The van der Waals surface area contributed by atoms with Gasteiger partial charge < -0.3 is 15.4 Å². The number of nitrogens with zero attached hydrogens (tertiary/aromatic N) is 1. The lowest BCUT2D eigenvalue weighted by atomic mass is 9.90. The lowest BCUT2D eigenvalue weighted by Crippen LogP contribution is -2.27. The quantitative estimate of drug-likeness (QED) is 0.763. The van der Waals surface area contributed by atoms with E-state index in [2.05, 4.69) is 10.6 Å². The van der Waals surface area contributed by atoms with Gasteiger partial charge >= 0.3 is 6.03 Å². The van der Waals surface area contributed by atoms with Crippen LogP contribution in [0.2, 0.25) is 0 Å². The Balaban J connectivity index is 1.30. The average Bonchev–Trinajstić information content (AvgIpc) is 3.20. The zero-order chi connectivity index (χ0) is 20.1. The zero-order valence-corrected chi connectivity index (χ0v) is 16.5. The van der Waals surface area contributed by atoms with Crippen molar-refractivity contribution >= 4 is 23.3 Å². The molecule has 2 aromatic rings. The first-order valence-corrected chi connectivity index (χ1v) is 10.4. The minimum atomic E-state index is -0.182. The van der Waals surface area contributed by atoms with Gasteiger partial charge in [0.05, 0.1) is 6.61 Å². The maximum absolute atomic E-state index is 12.5. The third kappa shape index (κ3) is 4.88. The fourth-order valence-electron chi connectivity index (χ4n) is 3.92. The molecule has 29 heavy (non-hydrogen) atoms. The second kappa shape index (κ2) is 8.99. The smallest absolute Gasteiger partial charge is 0.321 e. The van der Waals surface area contributed by atoms with Crippen LogP contribution < -0.4 is 20.3 Å². The Bertz CT molecular complexity index is 843. The van der Waals surface area contributed by atoms with Crippen molar-refractivity contribution in [1.29, 1.82) is 0 Å². The number of hydrogen-bond acceptors (Lipinski definition) is 3. The maximum atomic E-state index is 12.5. The summed E-state index contributed by atoms with van der Waals surface area (Å²) in [5.74, 6) is 1.32. The number of carbonyl (C=O) groups is 2. The molecule has 4 rings (SSSR count). The standard InChI is InChI=1S/C23H27N3O3/c27-22(18-6-10-20(11-7-18)26-15-14-24-23(26)28)25-19-8-12-21(13-9-19)29-16-17-4-2-1-3-5-17/h6-13,17H,1-5,14-16H2,(H,24,28)(H,25,27). The highest BCUT2D eigenvalue weighted by Gasteiger charge is 2.21. The molecule has 1 saturated heterocycles. The first-order chi connectivity index (χ1) is 14.2. The van der Waals surface area contributed by atoms with Crippen molar-refractivity contribution in [3.05, 3.63) is 54.1 Å². The molecule has 1 saturated carbocycles. The van der Waals surface area contributed by atoms with Gasteiger partial charge in [-0.3, -0.25) is 9.69 Å². The van der Waals surface area contributed by atoms with E-state index in [0.717, 1.165) is 23.7 Å². The van der Waals surface area contributed by atoms with Crippen molar-refractivity contribution in [1.82, 2.24) is 5.32 Å². The van der Waals surface area contributed by atoms with E-state index < -0.39 is 0 Å². The van der Waals surface area contributed by atoms with E-state index in [1.165, 1.54) is 32.1 Å². The molecule has 2 fully saturated rings. The van der Waals surface area contributed by atoms with Gasteiger partial charge in [0.2, 0.25) is 0 Å². The maximum Gasteiger partial charge on any atom is 0.321 e. The summed E-state index contributed by atoms with van der Waals surface area (Å²) in [4.78, 5) is 25.9. The van der Waals surface area contributed by atoms with Crippen LogP contribution in [0, 0.1) is 5.92 Å². The average molecular weight is 393 g/mol. The van der Waals surface area contributed by atoms with Crippen molar-refractivity contribution < 1.29 is 14.3 Å².